The zero-order chi connectivity index (χ0) is 19.3. The van der Waals surface area contributed by atoms with Gasteiger partial charge in [0.15, 0.2) is 0 Å². The second kappa shape index (κ2) is 8.57. The molecule has 1 heterocycles. The molecular weight excluding hydrogens is 362 g/mol. The molecule has 142 valence electrons. The molecule has 0 atom stereocenters. The third kappa shape index (κ3) is 4.26. The van der Waals surface area contributed by atoms with Gasteiger partial charge in [0.05, 0.1) is 4.88 Å². The van der Waals surface area contributed by atoms with E-state index in [-0.39, 0.29) is 0 Å². The van der Waals surface area contributed by atoms with Gasteiger partial charge in [-0.15, -0.1) is 11.3 Å². The summed E-state index contributed by atoms with van der Waals surface area (Å²) in [4.78, 5) is 5.84. The summed E-state index contributed by atoms with van der Waals surface area (Å²) < 4.78 is 0. The van der Waals surface area contributed by atoms with Gasteiger partial charge >= 0.3 is 0 Å². The number of hydrogen-bond donors (Lipinski definition) is 1. The van der Waals surface area contributed by atoms with Crippen molar-refractivity contribution in [1.29, 1.82) is 0 Å². The Morgan fingerprint density at radius 2 is 1.57 bits per heavy atom. The Balaban J connectivity index is 1.50. The summed E-state index contributed by atoms with van der Waals surface area (Å²) in [6.07, 6.45) is 8.35. The normalized spacial score (nSPS) is 11.2. The molecule has 0 aliphatic carbocycles. The monoisotopic (exact) mass is 387 g/mol. The molecule has 28 heavy (non-hydrogen) atoms. The molecule has 1 aromatic heterocycles. The van der Waals surface area contributed by atoms with Crippen LogP contribution in [-0.2, 0) is 6.42 Å². The summed E-state index contributed by atoms with van der Waals surface area (Å²) in [6, 6.07) is 20.7. The molecule has 0 radical (unpaired) electrons. The summed E-state index contributed by atoms with van der Waals surface area (Å²) in [5, 5.41) is 12.8. The number of benzene rings is 3. The maximum Gasteiger partial charge on any atom is 0.123 e. The van der Waals surface area contributed by atoms with Crippen LogP contribution < -0.4 is 0 Å². The van der Waals surface area contributed by atoms with E-state index < -0.39 is 0 Å². The lowest BCUT2D eigenvalue weighted by molar-refractivity contribution is 0.476. The number of aromatic nitrogens is 1. The second-order valence-electron chi connectivity index (χ2n) is 7.28. The van der Waals surface area contributed by atoms with Crippen LogP contribution in [0.5, 0.6) is 5.75 Å². The van der Waals surface area contributed by atoms with Crippen LogP contribution in [0.3, 0.4) is 0 Å². The molecule has 0 amide bonds. The molecule has 4 aromatic rings. The topological polar surface area (TPSA) is 33.1 Å². The fourth-order valence-corrected chi connectivity index (χ4v) is 4.42. The summed E-state index contributed by atoms with van der Waals surface area (Å²) >= 11 is 1.72. The van der Waals surface area contributed by atoms with Crippen LogP contribution >= 0.6 is 11.3 Å². The molecule has 1 N–H and O–H groups in total. The van der Waals surface area contributed by atoms with Crippen molar-refractivity contribution >= 4 is 22.1 Å². The number of hydrogen-bond acceptors (Lipinski definition) is 3. The van der Waals surface area contributed by atoms with Crippen molar-refractivity contribution in [1.82, 2.24) is 4.98 Å². The van der Waals surface area contributed by atoms with Crippen molar-refractivity contribution in [2.75, 3.05) is 0 Å². The number of aromatic hydroxyl groups is 1. The highest BCUT2D eigenvalue weighted by molar-refractivity contribution is 7.18. The second-order valence-corrected chi connectivity index (χ2v) is 8.31. The van der Waals surface area contributed by atoms with Crippen LogP contribution in [0.4, 0.5) is 0 Å². The number of thiazole rings is 1. The fraction of sp³-hybridized carbons (Fsp3) is 0.240. The average Bonchev–Trinajstić information content (AvgIpc) is 3.21. The number of nitrogens with zero attached hydrogens (tertiary/aromatic N) is 1. The van der Waals surface area contributed by atoms with Gasteiger partial charge in [-0.1, -0.05) is 68.7 Å². The van der Waals surface area contributed by atoms with Gasteiger partial charge in [0.1, 0.15) is 10.8 Å². The van der Waals surface area contributed by atoms with Crippen LogP contribution in [0.25, 0.3) is 31.8 Å². The molecule has 3 heteroatoms. The van der Waals surface area contributed by atoms with Crippen molar-refractivity contribution in [2.24, 2.45) is 0 Å². The van der Waals surface area contributed by atoms with Crippen molar-refractivity contribution in [2.45, 2.75) is 39.0 Å². The van der Waals surface area contributed by atoms with Gasteiger partial charge in [0, 0.05) is 11.8 Å². The first-order valence-electron chi connectivity index (χ1n) is 10.0. The van der Waals surface area contributed by atoms with E-state index in [4.69, 9.17) is 0 Å². The maximum absolute atomic E-state index is 9.63. The van der Waals surface area contributed by atoms with E-state index in [0.29, 0.717) is 5.75 Å². The molecule has 0 saturated carbocycles. The average molecular weight is 388 g/mol. The molecule has 2 nitrogen and oxygen atoms in total. The summed E-state index contributed by atoms with van der Waals surface area (Å²) in [5.41, 5.74) is 3.76. The number of unbranched alkanes of at least 4 members (excludes halogenated alkanes) is 3. The Bertz CT molecular complexity index is 1070. The van der Waals surface area contributed by atoms with Gasteiger partial charge in [-0.25, -0.2) is 4.98 Å². The first kappa shape index (κ1) is 18.7. The lowest BCUT2D eigenvalue weighted by Crippen LogP contribution is -1.85. The highest BCUT2D eigenvalue weighted by atomic mass is 32.1. The minimum atomic E-state index is 0.297. The largest absolute Gasteiger partial charge is 0.508 e. The molecule has 3 aromatic carbocycles. The van der Waals surface area contributed by atoms with E-state index in [1.54, 1.807) is 23.5 Å². The predicted octanol–water partition coefficient (Wildman–Crippen LogP) is 7.46. The molecule has 0 unspecified atom stereocenters. The van der Waals surface area contributed by atoms with Crippen molar-refractivity contribution < 1.29 is 5.11 Å². The molecule has 0 saturated heterocycles. The number of rotatable bonds is 7. The van der Waals surface area contributed by atoms with Crippen LogP contribution in [0.1, 0.15) is 38.2 Å². The molecule has 0 fully saturated rings. The van der Waals surface area contributed by atoms with E-state index in [2.05, 4.69) is 48.3 Å². The molecular formula is C25H25NOS. The van der Waals surface area contributed by atoms with Crippen LogP contribution in [0, 0.1) is 0 Å². The number of aryl methyl sites for hydroxylation is 1. The molecule has 4 rings (SSSR count). The summed E-state index contributed by atoms with van der Waals surface area (Å²) in [5.74, 6) is 0.297. The maximum atomic E-state index is 9.63. The van der Waals surface area contributed by atoms with E-state index in [0.717, 1.165) is 21.3 Å². The van der Waals surface area contributed by atoms with E-state index >= 15 is 0 Å². The lowest BCUT2D eigenvalue weighted by atomic mass is 10.0. The quantitative estimate of drug-likeness (QED) is 0.334. The minimum Gasteiger partial charge on any atom is -0.508 e. The smallest absolute Gasteiger partial charge is 0.123 e. The molecule has 0 bridgehead atoms. The van der Waals surface area contributed by atoms with E-state index in [1.807, 2.05) is 18.3 Å². The predicted molar refractivity (Wildman–Crippen MR) is 120 cm³/mol. The molecule has 0 spiro atoms. The van der Waals surface area contributed by atoms with Crippen molar-refractivity contribution in [3.8, 4) is 26.8 Å². The Morgan fingerprint density at radius 1 is 0.821 bits per heavy atom. The molecule has 0 aliphatic heterocycles. The van der Waals surface area contributed by atoms with Crippen LogP contribution in [0.2, 0.25) is 0 Å². The highest BCUT2D eigenvalue weighted by Crippen LogP contribution is 2.34. The number of phenols is 1. The van der Waals surface area contributed by atoms with Gasteiger partial charge in [-0.2, -0.15) is 0 Å². The Labute approximate surface area is 170 Å². The zero-order valence-electron chi connectivity index (χ0n) is 16.2. The third-order valence-electron chi connectivity index (χ3n) is 5.13. The third-order valence-corrected chi connectivity index (χ3v) is 6.23. The Kier molecular flexibility index (Phi) is 5.73. The van der Waals surface area contributed by atoms with Crippen LogP contribution in [0.15, 0.2) is 66.9 Å². The number of fused-ring (bicyclic) bond motifs is 1. The van der Waals surface area contributed by atoms with Gasteiger partial charge in [0.25, 0.3) is 0 Å². The molecule has 0 aliphatic rings. The summed E-state index contributed by atoms with van der Waals surface area (Å²) in [7, 11) is 0. The minimum absolute atomic E-state index is 0.297. The van der Waals surface area contributed by atoms with E-state index in [9.17, 15) is 5.11 Å². The first-order chi connectivity index (χ1) is 13.7. The van der Waals surface area contributed by atoms with Gasteiger partial charge in [-0.3, -0.25) is 0 Å². The SMILES string of the molecule is CCCCCCc1ccc(-c2cnc(-c3ccc4cc(O)ccc4c3)s2)cc1. The van der Waals surface area contributed by atoms with Crippen LogP contribution in [-0.4, -0.2) is 10.1 Å². The Hall–Kier alpha value is -2.65. The van der Waals surface area contributed by atoms with Gasteiger partial charge in [-0.05, 0) is 52.9 Å². The van der Waals surface area contributed by atoms with Crippen molar-refractivity contribution in [3.63, 3.8) is 0 Å². The van der Waals surface area contributed by atoms with Gasteiger partial charge < -0.3 is 5.11 Å². The zero-order valence-corrected chi connectivity index (χ0v) is 17.0. The van der Waals surface area contributed by atoms with Crippen molar-refractivity contribution in [3.05, 3.63) is 72.4 Å². The van der Waals surface area contributed by atoms with Gasteiger partial charge in [0.2, 0.25) is 0 Å². The van der Waals surface area contributed by atoms with E-state index in [1.165, 1.54) is 48.1 Å². The standard InChI is InChI=1S/C25H25NOS/c1-2-3-4-5-6-18-7-9-19(10-8-18)24-17-26-25(28-24)22-12-11-21-16-23(27)14-13-20(21)15-22/h7-17,27H,2-6H2,1H3. The fourth-order valence-electron chi connectivity index (χ4n) is 3.50. The highest BCUT2D eigenvalue weighted by Gasteiger charge is 2.08. The lowest BCUT2D eigenvalue weighted by Gasteiger charge is -2.03. The Morgan fingerprint density at radius 3 is 2.39 bits per heavy atom. The summed E-state index contributed by atoms with van der Waals surface area (Å²) in [6.45, 7) is 2.25. The number of phenolic OH excluding ortho intramolecular Hbond substituents is 1. The first-order valence-corrected chi connectivity index (χ1v) is 10.8.